The summed E-state index contributed by atoms with van der Waals surface area (Å²) < 4.78 is 9.54. The number of ether oxygens (including phenoxy) is 2. The van der Waals surface area contributed by atoms with Crippen molar-refractivity contribution in [2.45, 2.75) is 11.9 Å². The van der Waals surface area contributed by atoms with E-state index in [1.54, 1.807) is 31.2 Å². The van der Waals surface area contributed by atoms with Crippen LogP contribution < -0.4 is 4.74 Å². The molecule has 0 saturated heterocycles. The fraction of sp³-hybridized carbons (Fsp3) is 0.222. The van der Waals surface area contributed by atoms with Crippen LogP contribution in [0, 0.1) is 0 Å². The van der Waals surface area contributed by atoms with Gasteiger partial charge in [0.2, 0.25) is 0 Å². The van der Waals surface area contributed by atoms with Gasteiger partial charge in [0.1, 0.15) is 5.75 Å². The fourth-order valence-electron chi connectivity index (χ4n) is 0.741. The lowest BCUT2D eigenvalue weighted by atomic mass is 10.3. The molecule has 0 saturated carbocycles. The molecule has 1 aromatic rings. The van der Waals surface area contributed by atoms with Gasteiger partial charge >= 0.3 is 6.16 Å². The summed E-state index contributed by atoms with van der Waals surface area (Å²) in [6, 6.07) is 8.76. The summed E-state index contributed by atoms with van der Waals surface area (Å²) in [5.41, 5.74) is 0. The van der Waals surface area contributed by atoms with Crippen molar-refractivity contribution in [2.24, 2.45) is 0 Å². The Labute approximate surface area is 84.8 Å². The lowest BCUT2D eigenvalue weighted by molar-refractivity contribution is 0.0963. The van der Waals surface area contributed by atoms with Crippen LogP contribution in [0.15, 0.2) is 30.3 Å². The molecule has 4 heteroatoms. The van der Waals surface area contributed by atoms with E-state index >= 15 is 0 Å². The molecule has 70 valence electrons. The molecule has 0 aliphatic rings. The topological polar surface area (TPSA) is 35.5 Å². The average Bonchev–Trinajstić information content (AvgIpc) is 2.04. The number of hydrogen-bond donors (Lipinski definition) is 0. The number of halogens is 1. The predicted molar refractivity (Wildman–Crippen MR) is 51.9 cm³/mol. The summed E-state index contributed by atoms with van der Waals surface area (Å²) in [7, 11) is 0. The highest BCUT2D eigenvalue weighted by Gasteiger charge is 2.07. The molecule has 1 atom stereocenters. The number of carbonyl (C=O) groups excluding carboxylic acids is 1. The van der Waals surface area contributed by atoms with E-state index in [1.807, 2.05) is 6.07 Å². The SMILES string of the molecule is CC(Br)OC(=O)Oc1ccccc1. The maximum Gasteiger partial charge on any atom is 0.514 e. The van der Waals surface area contributed by atoms with Crippen LogP contribution in [-0.2, 0) is 4.74 Å². The van der Waals surface area contributed by atoms with E-state index in [0.29, 0.717) is 5.75 Å². The van der Waals surface area contributed by atoms with Gasteiger partial charge in [0.25, 0.3) is 0 Å². The predicted octanol–water partition coefficient (Wildman–Crippen LogP) is 2.94. The fourth-order valence-corrected chi connectivity index (χ4v) is 0.894. The normalized spacial score (nSPS) is 11.8. The van der Waals surface area contributed by atoms with Gasteiger partial charge in [0.15, 0.2) is 5.01 Å². The summed E-state index contributed by atoms with van der Waals surface area (Å²) in [5, 5.41) is -0.344. The Hall–Kier alpha value is -1.03. The molecule has 0 amide bonds. The number of hydrogen-bond acceptors (Lipinski definition) is 3. The van der Waals surface area contributed by atoms with Crippen LogP contribution in [0.2, 0.25) is 0 Å². The first-order valence-electron chi connectivity index (χ1n) is 3.76. The van der Waals surface area contributed by atoms with Gasteiger partial charge in [-0.2, -0.15) is 0 Å². The van der Waals surface area contributed by atoms with Crippen LogP contribution in [0.1, 0.15) is 6.92 Å². The largest absolute Gasteiger partial charge is 0.514 e. The second-order valence-electron chi connectivity index (χ2n) is 2.33. The Morgan fingerprint density at radius 2 is 2.00 bits per heavy atom. The molecular formula is C9H9BrO3. The van der Waals surface area contributed by atoms with Crippen molar-refractivity contribution in [3.63, 3.8) is 0 Å². The molecule has 0 aliphatic heterocycles. The zero-order valence-corrected chi connectivity index (χ0v) is 8.65. The van der Waals surface area contributed by atoms with E-state index in [9.17, 15) is 4.79 Å². The standard InChI is InChI=1S/C9H9BrO3/c1-7(10)12-9(11)13-8-5-3-2-4-6-8/h2-7H,1H3. The third-order valence-corrected chi connectivity index (χ3v) is 1.39. The Balaban J connectivity index is 2.46. The summed E-state index contributed by atoms with van der Waals surface area (Å²) in [6.07, 6.45) is -0.712. The van der Waals surface area contributed by atoms with E-state index in [1.165, 1.54) is 0 Å². The number of benzene rings is 1. The van der Waals surface area contributed by atoms with Crippen molar-refractivity contribution in [1.29, 1.82) is 0 Å². The van der Waals surface area contributed by atoms with Crippen molar-refractivity contribution in [3.8, 4) is 5.75 Å². The van der Waals surface area contributed by atoms with E-state index in [0.717, 1.165) is 0 Å². The van der Waals surface area contributed by atoms with Crippen molar-refractivity contribution in [2.75, 3.05) is 0 Å². The minimum Gasteiger partial charge on any atom is -0.419 e. The van der Waals surface area contributed by atoms with Crippen molar-refractivity contribution >= 4 is 22.1 Å². The summed E-state index contributed by atoms with van der Waals surface area (Å²) >= 11 is 3.07. The minimum absolute atomic E-state index is 0.344. The quantitative estimate of drug-likeness (QED) is 0.456. The maximum atomic E-state index is 10.9. The van der Waals surface area contributed by atoms with Gasteiger partial charge in [-0.3, -0.25) is 0 Å². The van der Waals surface area contributed by atoms with Crippen LogP contribution in [0.5, 0.6) is 5.75 Å². The number of alkyl halides is 1. The molecule has 0 heterocycles. The molecule has 0 radical (unpaired) electrons. The first-order valence-corrected chi connectivity index (χ1v) is 4.67. The van der Waals surface area contributed by atoms with Crippen molar-refractivity contribution < 1.29 is 14.3 Å². The van der Waals surface area contributed by atoms with Gasteiger partial charge in [0.05, 0.1) is 0 Å². The third kappa shape index (κ3) is 3.94. The van der Waals surface area contributed by atoms with Gasteiger partial charge in [-0.05, 0) is 35.0 Å². The van der Waals surface area contributed by atoms with Crippen LogP contribution in [0.3, 0.4) is 0 Å². The van der Waals surface area contributed by atoms with E-state index in [2.05, 4.69) is 15.9 Å². The molecule has 0 fully saturated rings. The highest BCUT2D eigenvalue weighted by molar-refractivity contribution is 9.09. The molecule has 1 rings (SSSR count). The second kappa shape index (κ2) is 4.87. The number of para-hydroxylation sites is 1. The van der Waals surface area contributed by atoms with Gasteiger partial charge in [-0.15, -0.1) is 0 Å². The van der Waals surface area contributed by atoms with Gasteiger partial charge in [-0.25, -0.2) is 4.79 Å². The monoisotopic (exact) mass is 244 g/mol. The summed E-state index contributed by atoms with van der Waals surface area (Å²) in [6.45, 7) is 1.69. The lowest BCUT2D eigenvalue weighted by Crippen LogP contribution is -2.13. The maximum absolute atomic E-state index is 10.9. The highest BCUT2D eigenvalue weighted by Crippen LogP contribution is 2.10. The second-order valence-corrected chi connectivity index (χ2v) is 3.62. The van der Waals surface area contributed by atoms with Crippen LogP contribution in [0.25, 0.3) is 0 Å². The minimum atomic E-state index is -0.712. The molecule has 13 heavy (non-hydrogen) atoms. The molecule has 0 bridgehead atoms. The van der Waals surface area contributed by atoms with Gasteiger partial charge in [-0.1, -0.05) is 18.2 Å². The van der Waals surface area contributed by atoms with Crippen molar-refractivity contribution in [1.82, 2.24) is 0 Å². The Morgan fingerprint density at radius 1 is 1.38 bits per heavy atom. The van der Waals surface area contributed by atoms with Crippen molar-refractivity contribution in [3.05, 3.63) is 30.3 Å². The zero-order valence-electron chi connectivity index (χ0n) is 7.07. The first kappa shape index (κ1) is 10.1. The molecule has 0 spiro atoms. The average molecular weight is 245 g/mol. The third-order valence-electron chi connectivity index (χ3n) is 1.20. The van der Waals surface area contributed by atoms with E-state index in [-0.39, 0.29) is 5.01 Å². The Morgan fingerprint density at radius 3 is 2.54 bits per heavy atom. The molecule has 0 N–H and O–H groups in total. The van der Waals surface area contributed by atoms with E-state index < -0.39 is 6.16 Å². The lowest BCUT2D eigenvalue weighted by Gasteiger charge is -2.06. The van der Waals surface area contributed by atoms with Crippen LogP contribution in [0.4, 0.5) is 4.79 Å². The molecular weight excluding hydrogens is 236 g/mol. The summed E-state index contributed by atoms with van der Waals surface area (Å²) in [5.74, 6) is 0.473. The molecule has 1 aromatic carbocycles. The zero-order chi connectivity index (χ0) is 9.68. The smallest absolute Gasteiger partial charge is 0.419 e. The number of rotatable bonds is 2. The van der Waals surface area contributed by atoms with Gasteiger partial charge in [0, 0.05) is 0 Å². The van der Waals surface area contributed by atoms with Gasteiger partial charge < -0.3 is 9.47 Å². The van der Waals surface area contributed by atoms with Crippen LogP contribution >= 0.6 is 15.9 Å². The summed E-state index contributed by atoms with van der Waals surface area (Å²) in [4.78, 5) is 10.9. The van der Waals surface area contributed by atoms with E-state index in [4.69, 9.17) is 9.47 Å². The Bertz CT molecular complexity index is 271. The molecule has 0 aromatic heterocycles. The molecule has 3 nitrogen and oxygen atoms in total. The molecule has 1 unspecified atom stereocenters. The van der Waals surface area contributed by atoms with Crippen LogP contribution in [-0.4, -0.2) is 11.2 Å². The molecule has 0 aliphatic carbocycles. The number of carbonyl (C=O) groups is 1. The Kier molecular flexibility index (Phi) is 3.76. The highest BCUT2D eigenvalue weighted by atomic mass is 79.9. The first-order chi connectivity index (χ1) is 6.18.